The van der Waals surface area contributed by atoms with Gasteiger partial charge in [-0.3, -0.25) is 0 Å². The summed E-state index contributed by atoms with van der Waals surface area (Å²) in [6.45, 7) is 4.65. The highest BCUT2D eigenvalue weighted by Crippen LogP contribution is 2.41. The predicted molar refractivity (Wildman–Crippen MR) is 71.1 cm³/mol. The molecule has 2 rings (SSSR count). The quantitative estimate of drug-likeness (QED) is 0.779. The van der Waals surface area contributed by atoms with Crippen LogP contribution >= 0.6 is 11.8 Å². The topological polar surface area (TPSA) is 62.7 Å². The normalized spacial score (nSPS) is 19.6. The SMILES string of the molecule is CC1(C)CCC(c2noc(CSCC#N)n2)CC1. The van der Waals surface area contributed by atoms with E-state index in [0.29, 0.717) is 28.7 Å². The molecule has 0 atom stereocenters. The molecule has 1 aliphatic carbocycles. The maximum Gasteiger partial charge on any atom is 0.236 e. The molecule has 0 bridgehead atoms. The largest absolute Gasteiger partial charge is 0.338 e. The van der Waals surface area contributed by atoms with Gasteiger partial charge in [-0.2, -0.15) is 10.2 Å². The van der Waals surface area contributed by atoms with Crippen molar-refractivity contribution in [2.75, 3.05) is 5.75 Å². The first kappa shape index (κ1) is 13.4. The lowest BCUT2D eigenvalue weighted by atomic mass is 9.73. The number of thioether (sulfide) groups is 1. The molecule has 1 aliphatic rings. The van der Waals surface area contributed by atoms with Crippen molar-refractivity contribution in [1.82, 2.24) is 10.1 Å². The average Bonchev–Trinajstić information content (AvgIpc) is 2.78. The zero-order valence-electron chi connectivity index (χ0n) is 11.0. The Hall–Kier alpha value is -1.02. The highest BCUT2D eigenvalue weighted by Gasteiger charge is 2.30. The first-order valence-electron chi connectivity index (χ1n) is 6.38. The van der Waals surface area contributed by atoms with Crippen molar-refractivity contribution in [2.24, 2.45) is 5.41 Å². The first-order valence-corrected chi connectivity index (χ1v) is 7.53. The Morgan fingerprint density at radius 1 is 1.44 bits per heavy atom. The number of hydrogen-bond acceptors (Lipinski definition) is 5. The van der Waals surface area contributed by atoms with E-state index >= 15 is 0 Å². The lowest BCUT2D eigenvalue weighted by Gasteiger charge is -2.32. The Labute approximate surface area is 112 Å². The van der Waals surface area contributed by atoms with Gasteiger partial charge in [0.25, 0.3) is 0 Å². The lowest BCUT2D eigenvalue weighted by Crippen LogP contribution is -2.20. The van der Waals surface area contributed by atoms with Crippen LogP contribution in [0.1, 0.15) is 57.2 Å². The van der Waals surface area contributed by atoms with Crippen LogP contribution in [-0.2, 0) is 5.75 Å². The van der Waals surface area contributed by atoms with Gasteiger partial charge in [0.2, 0.25) is 5.89 Å². The molecule has 0 amide bonds. The van der Waals surface area contributed by atoms with Gasteiger partial charge in [-0.05, 0) is 31.1 Å². The summed E-state index contributed by atoms with van der Waals surface area (Å²) in [5.74, 6) is 3.07. The van der Waals surface area contributed by atoms with Crippen LogP contribution in [0.15, 0.2) is 4.52 Å². The molecule has 0 aromatic carbocycles. The van der Waals surface area contributed by atoms with Crippen molar-refractivity contribution < 1.29 is 4.52 Å². The van der Waals surface area contributed by atoms with Crippen LogP contribution in [0.3, 0.4) is 0 Å². The van der Waals surface area contributed by atoms with Crippen molar-refractivity contribution >= 4 is 11.8 Å². The summed E-state index contributed by atoms with van der Waals surface area (Å²) in [5, 5.41) is 12.5. The molecule has 1 heterocycles. The summed E-state index contributed by atoms with van der Waals surface area (Å²) in [5.41, 5.74) is 0.464. The van der Waals surface area contributed by atoms with Crippen molar-refractivity contribution in [3.63, 3.8) is 0 Å². The Bertz CT molecular complexity index is 426. The second-order valence-electron chi connectivity index (χ2n) is 5.64. The van der Waals surface area contributed by atoms with Crippen molar-refractivity contribution in [2.45, 2.75) is 51.2 Å². The summed E-state index contributed by atoms with van der Waals surface area (Å²) < 4.78 is 5.23. The zero-order valence-corrected chi connectivity index (χ0v) is 11.8. The third-order valence-corrected chi connectivity index (χ3v) is 4.36. The van der Waals surface area contributed by atoms with Gasteiger partial charge in [0.05, 0.1) is 17.6 Å². The highest BCUT2D eigenvalue weighted by atomic mass is 32.2. The number of aromatic nitrogens is 2. The summed E-state index contributed by atoms with van der Waals surface area (Å²) in [6.07, 6.45) is 4.75. The standard InChI is InChI=1S/C13H19N3OS/c1-13(2)5-3-10(4-6-13)12-15-11(17-16-12)9-18-8-7-14/h10H,3-6,8-9H2,1-2H3. The van der Waals surface area contributed by atoms with E-state index < -0.39 is 0 Å². The molecule has 1 saturated carbocycles. The molecule has 18 heavy (non-hydrogen) atoms. The summed E-state index contributed by atoms with van der Waals surface area (Å²) in [7, 11) is 0. The highest BCUT2D eigenvalue weighted by molar-refractivity contribution is 7.98. The lowest BCUT2D eigenvalue weighted by molar-refractivity contribution is 0.218. The molecule has 4 nitrogen and oxygen atoms in total. The maximum atomic E-state index is 8.46. The fourth-order valence-corrected chi connectivity index (χ4v) is 2.82. The van der Waals surface area contributed by atoms with Crippen LogP contribution in [0.5, 0.6) is 0 Å². The fraction of sp³-hybridized carbons (Fsp3) is 0.769. The van der Waals surface area contributed by atoms with Gasteiger partial charge in [-0.25, -0.2) is 0 Å². The van der Waals surface area contributed by atoms with E-state index in [9.17, 15) is 0 Å². The Kier molecular flexibility index (Phi) is 4.28. The molecule has 0 spiro atoms. The molecule has 0 unspecified atom stereocenters. The van der Waals surface area contributed by atoms with Gasteiger partial charge >= 0.3 is 0 Å². The Balaban J connectivity index is 1.89. The molecular formula is C13H19N3OS. The molecule has 0 N–H and O–H groups in total. The van der Waals surface area contributed by atoms with E-state index in [2.05, 4.69) is 30.1 Å². The van der Waals surface area contributed by atoms with Gasteiger partial charge in [0.15, 0.2) is 5.82 Å². The molecule has 98 valence electrons. The molecule has 1 fully saturated rings. The maximum absolute atomic E-state index is 8.46. The molecule has 0 saturated heterocycles. The Morgan fingerprint density at radius 2 is 2.17 bits per heavy atom. The van der Waals surface area contributed by atoms with Crippen LogP contribution in [0.2, 0.25) is 0 Å². The minimum atomic E-state index is 0.455. The van der Waals surface area contributed by atoms with Crippen molar-refractivity contribution in [3.05, 3.63) is 11.7 Å². The fourth-order valence-electron chi connectivity index (χ4n) is 2.33. The zero-order chi connectivity index (χ0) is 13.0. The molecule has 1 aromatic heterocycles. The van der Waals surface area contributed by atoms with E-state index in [1.165, 1.54) is 24.6 Å². The van der Waals surface area contributed by atoms with Crippen LogP contribution in [-0.4, -0.2) is 15.9 Å². The minimum absolute atomic E-state index is 0.455. The van der Waals surface area contributed by atoms with E-state index in [0.717, 1.165) is 18.7 Å². The number of hydrogen-bond donors (Lipinski definition) is 0. The third-order valence-electron chi connectivity index (χ3n) is 3.58. The van der Waals surface area contributed by atoms with E-state index in [4.69, 9.17) is 9.78 Å². The van der Waals surface area contributed by atoms with Gasteiger partial charge < -0.3 is 4.52 Å². The van der Waals surface area contributed by atoms with Crippen molar-refractivity contribution in [3.8, 4) is 6.07 Å². The predicted octanol–water partition coefficient (Wildman–Crippen LogP) is 3.51. The average molecular weight is 265 g/mol. The van der Waals surface area contributed by atoms with Gasteiger partial charge in [0.1, 0.15) is 0 Å². The molecule has 0 aliphatic heterocycles. The molecule has 5 heteroatoms. The number of nitriles is 1. The number of nitrogens with zero attached hydrogens (tertiary/aromatic N) is 3. The molecule has 1 aromatic rings. The number of rotatable bonds is 4. The monoisotopic (exact) mass is 265 g/mol. The first-order chi connectivity index (χ1) is 8.61. The van der Waals surface area contributed by atoms with Crippen LogP contribution < -0.4 is 0 Å². The van der Waals surface area contributed by atoms with Crippen LogP contribution in [0, 0.1) is 16.7 Å². The van der Waals surface area contributed by atoms with E-state index in [1.807, 2.05) is 0 Å². The second-order valence-corrected chi connectivity index (χ2v) is 6.62. The van der Waals surface area contributed by atoms with Crippen molar-refractivity contribution in [1.29, 1.82) is 5.26 Å². The second kappa shape index (κ2) is 5.75. The third kappa shape index (κ3) is 3.49. The summed E-state index contributed by atoms with van der Waals surface area (Å²) in [4.78, 5) is 4.45. The van der Waals surface area contributed by atoms with Gasteiger partial charge in [-0.15, -0.1) is 11.8 Å². The summed E-state index contributed by atoms with van der Waals surface area (Å²) in [6, 6.07) is 2.09. The van der Waals surface area contributed by atoms with E-state index in [-0.39, 0.29) is 0 Å². The van der Waals surface area contributed by atoms with E-state index in [1.54, 1.807) is 0 Å². The van der Waals surface area contributed by atoms with Gasteiger partial charge in [-0.1, -0.05) is 19.0 Å². The molecular weight excluding hydrogens is 246 g/mol. The van der Waals surface area contributed by atoms with Crippen LogP contribution in [0.25, 0.3) is 0 Å². The summed E-state index contributed by atoms with van der Waals surface area (Å²) >= 11 is 1.51. The van der Waals surface area contributed by atoms with Crippen LogP contribution in [0.4, 0.5) is 0 Å². The Morgan fingerprint density at radius 3 is 2.83 bits per heavy atom. The van der Waals surface area contributed by atoms with Gasteiger partial charge in [0, 0.05) is 5.92 Å². The molecule has 0 radical (unpaired) electrons. The minimum Gasteiger partial charge on any atom is -0.338 e. The smallest absolute Gasteiger partial charge is 0.236 e.